The lowest BCUT2D eigenvalue weighted by atomic mass is 9.97. The second kappa shape index (κ2) is 10.8. The number of carbonyl (C=O) groups is 4. The molecule has 0 aliphatic carbocycles. The molecular weight excluding hydrogens is 406 g/mol. The summed E-state index contributed by atoms with van der Waals surface area (Å²) in [5, 5.41) is 48.6. The van der Waals surface area contributed by atoms with Gasteiger partial charge in [0.1, 0.15) is 6.54 Å². The second-order valence-electron chi connectivity index (χ2n) is 6.35. The van der Waals surface area contributed by atoms with Gasteiger partial charge in [0.2, 0.25) is 0 Å². The van der Waals surface area contributed by atoms with E-state index in [1.54, 1.807) is 6.07 Å². The molecule has 1 aromatic rings. The lowest BCUT2D eigenvalue weighted by molar-refractivity contribution is -0.585. The van der Waals surface area contributed by atoms with E-state index < -0.39 is 73.6 Å². The smallest absolute Gasteiger partial charge is 0.399 e. The van der Waals surface area contributed by atoms with E-state index in [0.29, 0.717) is 4.90 Å². The molecule has 13 heteroatoms. The Balaban J connectivity index is 3.30. The fourth-order valence-corrected chi connectivity index (χ4v) is 2.88. The fourth-order valence-electron chi connectivity index (χ4n) is 2.88. The summed E-state index contributed by atoms with van der Waals surface area (Å²) in [5.74, 6) is -6.19. The Morgan fingerprint density at radius 1 is 0.867 bits per heavy atom. The van der Waals surface area contributed by atoms with Crippen LogP contribution >= 0.6 is 0 Å². The molecule has 0 heterocycles. The van der Waals surface area contributed by atoms with Crippen LogP contribution in [0.5, 0.6) is 0 Å². The van der Waals surface area contributed by atoms with Crippen LogP contribution in [0.2, 0.25) is 0 Å². The molecule has 0 radical (unpaired) electrons. The molecule has 30 heavy (non-hydrogen) atoms. The Kier molecular flexibility index (Phi) is 8.83. The average molecular weight is 427 g/mol. The molecule has 1 aromatic carbocycles. The summed E-state index contributed by atoms with van der Waals surface area (Å²) in [6.45, 7) is -3.50. The van der Waals surface area contributed by atoms with E-state index >= 15 is 0 Å². The summed E-state index contributed by atoms with van der Waals surface area (Å²) in [6.07, 6.45) is -0.665. The van der Waals surface area contributed by atoms with Gasteiger partial charge in [-0.1, -0.05) is 30.3 Å². The van der Waals surface area contributed by atoms with Gasteiger partial charge in [-0.05, 0) is 5.56 Å². The molecule has 0 saturated heterocycles. The third-order valence-corrected chi connectivity index (χ3v) is 4.19. The highest BCUT2D eigenvalue weighted by Gasteiger charge is 2.57. The number of carboxylic acids is 4. The van der Waals surface area contributed by atoms with Gasteiger partial charge in [0.05, 0.1) is 24.4 Å². The molecule has 1 atom stereocenters. The van der Waals surface area contributed by atoms with E-state index in [-0.39, 0.29) is 5.56 Å². The fraction of sp³-hybridized carbons (Fsp3) is 0.412. The summed E-state index contributed by atoms with van der Waals surface area (Å²) < 4.78 is 0. The van der Waals surface area contributed by atoms with Crippen molar-refractivity contribution in [1.82, 2.24) is 9.80 Å². The van der Waals surface area contributed by atoms with Gasteiger partial charge in [-0.2, -0.15) is 0 Å². The second-order valence-corrected chi connectivity index (χ2v) is 6.35. The topological polar surface area (TPSA) is 199 Å². The van der Waals surface area contributed by atoms with Gasteiger partial charge in [0, 0.05) is 13.1 Å². The minimum Gasteiger partial charge on any atom is -0.480 e. The number of hydrogen-bond donors (Lipinski definition) is 4. The molecule has 0 fully saturated rings. The van der Waals surface area contributed by atoms with Crippen molar-refractivity contribution in [2.75, 3.05) is 32.7 Å². The van der Waals surface area contributed by atoms with E-state index in [1.165, 1.54) is 24.3 Å². The zero-order valence-electron chi connectivity index (χ0n) is 15.7. The minimum absolute atomic E-state index is 0.264. The predicted octanol–water partition coefficient (Wildman–Crippen LogP) is -0.855. The van der Waals surface area contributed by atoms with Crippen LogP contribution in [0.25, 0.3) is 0 Å². The van der Waals surface area contributed by atoms with E-state index in [0.717, 1.165) is 4.90 Å². The van der Waals surface area contributed by atoms with Gasteiger partial charge in [-0.15, -0.1) is 0 Å². The normalized spacial score (nSPS) is 13.0. The lowest BCUT2D eigenvalue weighted by Gasteiger charge is -2.33. The lowest BCUT2D eigenvalue weighted by Crippen LogP contribution is -2.64. The summed E-state index contributed by atoms with van der Waals surface area (Å²) in [7, 11) is 0. The number of carboxylic acid groups (broad SMARTS) is 4. The molecule has 13 nitrogen and oxygen atoms in total. The third kappa shape index (κ3) is 6.79. The number of benzene rings is 1. The van der Waals surface area contributed by atoms with Crippen LogP contribution in [0.4, 0.5) is 0 Å². The van der Waals surface area contributed by atoms with Crippen LogP contribution < -0.4 is 0 Å². The molecule has 1 unspecified atom stereocenters. The molecule has 164 valence electrons. The summed E-state index contributed by atoms with van der Waals surface area (Å²) in [5.41, 5.74) is -2.60. The Bertz CT molecular complexity index is 768. The average Bonchev–Trinajstić information content (AvgIpc) is 2.62. The molecule has 0 saturated carbocycles. The predicted molar refractivity (Wildman–Crippen MR) is 98.4 cm³/mol. The highest BCUT2D eigenvalue weighted by atomic mass is 16.6. The number of nitro groups is 1. The van der Waals surface area contributed by atoms with Crippen LogP contribution in [-0.2, 0) is 25.6 Å². The van der Waals surface area contributed by atoms with Crippen molar-refractivity contribution >= 4 is 23.9 Å². The summed E-state index contributed by atoms with van der Waals surface area (Å²) >= 11 is 0. The highest BCUT2D eigenvalue weighted by Crippen LogP contribution is 2.23. The van der Waals surface area contributed by atoms with Crippen LogP contribution in [0.15, 0.2) is 30.3 Å². The minimum atomic E-state index is -2.86. The van der Waals surface area contributed by atoms with Crippen LogP contribution in [0.3, 0.4) is 0 Å². The van der Waals surface area contributed by atoms with Gasteiger partial charge in [0.15, 0.2) is 0 Å². The van der Waals surface area contributed by atoms with Gasteiger partial charge >= 0.3 is 29.5 Å². The van der Waals surface area contributed by atoms with E-state index in [1.807, 2.05) is 0 Å². The molecule has 0 bridgehead atoms. The largest absolute Gasteiger partial charge is 0.480 e. The van der Waals surface area contributed by atoms with Crippen LogP contribution in [-0.4, -0.2) is 97.4 Å². The maximum Gasteiger partial charge on any atom is 0.399 e. The summed E-state index contributed by atoms with van der Waals surface area (Å²) in [6, 6.07) is 7.57. The molecule has 1 rings (SSSR count). The molecule has 4 N–H and O–H groups in total. The third-order valence-electron chi connectivity index (χ3n) is 4.19. The highest BCUT2D eigenvalue weighted by molar-refractivity contribution is 5.78. The molecule has 0 aromatic heterocycles. The summed E-state index contributed by atoms with van der Waals surface area (Å²) in [4.78, 5) is 57.4. The van der Waals surface area contributed by atoms with Gasteiger partial charge in [0.25, 0.3) is 0 Å². The van der Waals surface area contributed by atoms with Crippen molar-refractivity contribution < 1.29 is 44.5 Å². The Labute approximate surface area is 169 Å². The van der Waals surface area contributed by atoms with Crippen LogP contribution in [0, 0.1) is 10.1 Å². The Hall–Kier alpha value is -3.58. The zero-order chi connectivity index (χ0) is 22.9. The molecule has 0 aliphatic rings. The van der Waals surface area contributed by atoms with E-state index in [4.69, 9.17) is 10.2 Å². The maximum atomic E-state index is 12.0. The number of rotatable bonds is 14. The molecule has 0 aliphatic heterocycles. The quantitative estimate of drug-likeness (QED) is 0.163. The monoisotopic (exact) mass is 427 g/mol. The molecular formula is C17H21N3O10. The van der Waals surface area contributed by atoms with Crippen molar-refractivity contribution in [3.63, 3.8) is 0 Å². The maximum absolute atomic E-state index is 12.0. The molecule has 0 amide bonds. The van der Waals surface area contributed by atoms with E-state index in [9.17, 15) is 39.5 Å². The van der Waals surface area contributed by atoms with Gasteiger partial charge < -0.3 is 20.4 Å². The Morgan fingerprint density at radius 2 is 1.37 bits per heavy atom. The van der Waals surface area contributed by atoms with Crippen molar-refractivity contribution in [3.05, 3.63) is 46.0 Å². The van der Waals surface area contributed by atoms with Gasteiger partial charge in [-0.3, -0.25) is 29.4 Å². The van der Waals surface area contributed by atoms with Gasteiger partial charge in [-0.25, -0.2) is 9.69 Å². The van der Waals surface area contributed by atoms with Crippen molar-refractivity contribution in [1.29, 1.82) is 0 Å². The first kappa shape index (κ1) is 24.5. The first-order valence-electron chi connectivity index (χ1n) is 8.53. The Morgan fingerprint density at radius 3 is 1.77 bits per heavy atom. The number of aliphatic carboxylic acids is 4. The molecule has 0 spiro atoms. The number of nitrogens with zero attached hydrogens (tertiary/aromatic N) is 3. The van der Waals surface area contributed by atoms with Crippen molar-refractivity contribution in [2.24, 2.45) is 0 Å². The standard InChI is InChI=1S/C17H21N3O10/c21-13(22)9-18(10-14(23)24)6-7-19(11-15(25)26)17(16(27)28,20(29)30)8-12-4-2-1-3-5-12/h1-5H,6-11H2,(H,21,22)(H,23,24)(H,25,26)(H,27,28). The zero-order valence-corrected chi connectivity index (χ0v) is 15.7. The first-order chi connectivity index (χ1) is 14.0. The number of hydrogen-bond acceptors (Lipinski definition) is 8. The van der Waals surface area contributed by atoms with Crippen LogP contribution in [0.1, 0.15) is 5.56 Å². The van der Waals surface area contributed by atoms with E-state index in [2.05, 4.69) is 0 Å². The van der Waals surface area contributed by atoms with Crippen molar-refractivity contribution in [3.8, 4) is 0 Å². The first-order valence-corrected chi connectivity index (χ1v) is 8.53. The van der Waals surface area contributed by atoms with Crippen molar-refractivity contribution in [2.45, 2.75) is 12.1 Å². The SMILES string of the molecule is O=C(O)CN(CCN(CC(=O)O)C(Cc1ccccc1)(C(=O)O)[N+](=O)[O-])CC(=O)O.